The highest BCUT2D eigenvalue weighted by molar-refractivity contribution is 7.20. The van der Waals surface area contributed by atoms with Crippen LogP contribution in [0.3, 0.4) is 0 Å². The van der Waals surface area contributed by atoms with Crippen LogP contribution in [0.4, 0.5) is 10.1 Å². The number of rotatable bonds is 4. The fourth-order valence-electron chi connectivity index (χ4n) is 3.93. The fraction of sp³-hybridized carbons (Fsp3) is 0.409. The lowest BCUT2D eigenvalue weighted by Gasteiger charge is -2.22. The molecule has 152 valence electrons. The Balaban J connectivity index is 1.81. The summed E-state index contributed by atoms with van der Waals surface area (Å²) in [5.41, 5.74) is 1.30. The Hall–Kier alpha value is -2.54. The third-order valence-electron chi connectivity index (χ3n) is 5.44. The molecule has 1 amide bonds. The number of amides is 1. The molecule has 0 N–H and O–H groups in total. The van der Waals surface area contributed by atoms with Crippen molar-refractivity contribution in [3.05, 3.63) is 56.7 Å². The lowest BCUT2D eigenvalue weighted by atomic mass is 10.1. The van der Waals surface area contributed by atoms with Gasteiger partial charge in [-0.25, -0.2) is 9.37 Å². The average molecular weight is 414 g/mol. The first-order chi connectivity index (χ1) is 14.0. The standard InChI is InChI=1S/C22H24FN3O2S/c1-3-12-25(16-10-8-15(23)9-11-16)22(28)19-14(2)18-20(29-19)24-17-7-5-4-6-13-26(17)21(18)27/h8-11H,3-7,12-13H2,1-2H3. The molecule has 5 nitrogen and oxygen atoms in total. The van der Waals surface area contributed by atoms with Crippen molar-refractivity contribution >= 4 is 33.1 Å². The first kappa shape index (κ1) is 19.8. The van der Waals surface area contributed by atoms with Crippen molar-refractivity contribution in [1.29, 1.82) is 0 Å². The molecule has 3 aromatic rings. The number of carbonyl (C=O) groups excluding carboxylic acids is 1. The number of carbonyl (C=O) groups is 1. The van der Waals surface area contributed by atoms with Gasteiger partial charge in [0, 0.05) is 25.2 Å². The van der Waals surface area contributed by atoms with Gasteiger partial charge in [-0.3, -0.25) is 14.2 Å². The van der Waals surface area contributed by atoms with Crippen LogP contribution >= 0.6 is 11.3 Å². The molecule has 0 spiro atoms. The number of nitrogens with zero attached hydrogens (tertiary/aromatic N) is 3. The number of aromatic nitrogens is 2. The highest BCUT2D eigenvalue weighted by atomic mass is 32.1. The number of thiophene rings is 1. The van der Waals surface area contributed by atoms with Crippen molar-refractivity contribution in [3.8, 4) is 0 Å². The maximum Gasteiger partial charge on any atom is 0.268 e. The average Bonchev–Trinajstić information content (AvgIpc) is 2.88. The number of halogens is 1. The second-order valence-electron chi connectivity index (χ2n) is 7.47. The normalized spacial score (nSPS) is 13.9. The molecule has 4 rings (SSSR count). The minimum atomic E-state index is -0.339. The van der Waals surface area contributed by atoms with Crippen LogP contribution in [0.5, 0.6) is 0 Å². The summed E-state index contributed by atoms with van der Waals surface area (Å²) in [4.78, 5) is 34.1. The number of hydrogen-bond acceptors (Lipinski definition) is 4. The van der Waals surface area contributed by atoms with Crippen molar-refractivity contribution < 1.29 is 9.18 Å². The molecular weight excluding hydrogens is 389 g/mol. The molecule has 0 atom stereocenters. The zero-order valence-electron chi connectivity index (χ0n) is 16.7. The Morgan fingerprint density at radius 1 is 1.24 bits per heavy atom. The predicted octanol–water partition coefficient (Wildman–Crippen LogP) is 4.69. The van der Waals surface area contributed by atoms with Crippen molar-refractivity contribution in [2.45, 2.75) is 52.5 Å². The molecule has 1 aromatic carbocycles. The number of fused-ring (bicyclic) bond motifs is 2. The molecule has 7 heteroatoms. The summed E-state index contributed by atoms with van der Waals surface area (Å²) in [5, 5.41) is 0.555. The van der Waals surface area contributed by atoms with Gasteiger partial charge in [-0.1, -0.05) is 13.3 Å². The summed E-state index contributed by atoms with van der Waals surface area (Å²) in [6.45, 7) is 5.02. The van der Waals surface area contributed by atoms with Crippen LogP contribution in [0.15, 0.2) is 29.1 Å². The van der Waals surface area contributed by atoms with Crippen LogP contribution in [-0.4, -0.2) is 22.0 Å². The van der Waals surface area contributed by atoms with E-state index in [9.17, 15) is 14.0 Å². The predicted molar refractivity (Wildman–Crippen MR) is 115 cm³/mol. The zero-order valence-corrected chi connectivity index (χ0v) is 17.5. The van der Waals surface area contributed by atoms with E-state index in [-0.39, 0.29) is 17.3 Å². The number of hydrogen-bond donors (Lipinski definition) is 0. The van der Waals surface area contributed by atoms with Gasteiger partial charge in [0.2, 0.25) is 0 Å². The Morgan fingerprint density at radius 3 is 2.72 bits per heavy atom. The van der Waals surface area contributed by atoms with Gasteiger partial charge in [0.05, 0.1) is 10.3 Å². The van der Waals surface area contributed by atoms with Crippen LogP contribution in [0.25, 0.3) is 10.2 Å². The second kappa shape index (κ2) is 8.06. The van der Waals surface area contributed by atoms with Crippen molar-refractivity contribution in [1.82, 2.24) is 9.55 Å². The van der Waals surface area contributed by atoms with E-state index >= 15 is 0 Å². The van der Waals surface area contributed by atoms with E-state index in [2.05, 4.69) is 0 Å². The van der Waals surface area contributed by atoms with Gasteiger partial charge < -0.3 is 4.90 Å². The van der Waals surface area contributed by atoms with E-state index in [1.165, 1.54) is 23.5 Å². The Bertz CT molecular complexity index is 1120. The number of anilines is 1. The molecule has 0 saturated heterocycles. The quantitative estimate of drug-likeness (QED) is 0.624. The maximum absolute atomic E-state index is 13.4. The molecule has 0 saturated carbocycles. The van der Waals surface area contributed by atoms with Gasteiger partial charge in [0.15, 0.2) is 0 Å². The third-order valence-corrected chi connectivity index (χ3v) is 6.61. The van der Waals surface area contributed by atoms with Crippen molar-refractivity contribution in [2.75, 3.05) is 11.4 Å². The van der Waals surface area contributed by atoms with E-state index in [4.69, 9.17) is 4.98 Å². The fourth-order valence-corrected chi connectivity index (χ4v) is 5.07. The van der Waals surface area contributed by atoms with Crippen LogP contribution in [-0.2, 0) is 13.0 Å². The molecule has 0 radical (unpaired) electrons. The lowest BCUT2D eigenvalue weighted by Crippen LogP contribution is -2.31. The maximum atomic E-state index is 13.4. The van der Waals surface area contributed by atoms with Gasteiger partial charge >= 0.3 is 0 Å². The summed E-state index contributed by atoms with van der Waals surface area (Å²) in [6.07, 6.45) is 4.67. The summed E-state index contributed by atoms with van der Waals surface area (Å²) in [7, 11) is 0. The van der Waals surface area contributed by atoms with Crippen LogP contribution in [0, 0.1) is 12.7 Å². The first-order valence-corrected chi connectivity index (χ1v) is 10.9. The largest absolute Gasteiger partial charge is 0.308 e. The Labute approximate surface area is 172 Å². The summed E-state index contributed by atoms with van der Waals surface area (Å²) in [5.74, 6) is 0.317. The monoisotopic (exact) mass is 413 g/mol. The smallest absolute Gasteiger partial charge is 0.268 e. The highest BCUT2D eigenvalue weighted by Gasteiger charge is 2.26. The van der Waals surface area contributed by atoms with Crippen molar-refractivity contribution in [2.24, 2.45) is 0 Å². The van der Waals surface area contributed by atoms with E-state index in [1.54, 1.807) is 21.6 Å². The lowest BCUT2D eigenvalue weighted by molar-refractivity contribution is 0.0990. The molecular formula is C22H24FN3O2S. The van der Waals surface area contributed by atoms with Gasteiger partial charge in [0.25, 0.3) is 11.5 Å². The number of benzene rings is 1. The van der Waals surface area contributed by atoms with E-state index in [1.807, 2.05) is 13.8 Å². The molecule has 0 bridgehead atoms. The molecule has 2 aromatic heterocycles. The SMILES string of the molecule is CCCN(C(=O)c1sc2nc3n(c(=O)c2c1C)CCCCC3)c1ccc(F)cc1. The Morgan fingerprint density at radius 2 is 2.00 bits per heavy atom. The van der Waals surface area contributed by atoms with Crippen LogP contribution < -0.4 is 10.5 Å². The summed E-state index contributed by atoms with van der Waals surface area (Å²) < 4.78 is 15.1. The van der Waals surface area contributed by atoms with Crippen molar-refractivity contribution in [3.63, 3.8) is 0 Å². The molecule has 1 aliphatic heterocycles. The minimum absolute atomic E-state index is 0.0384. The van der Waals surface area contributed by atoms with Gasteiger partial charge in [-0.05, 0) is 56.0 Å². The number of aryl methyl sites for hydroxylation is 2. The molecule has 0 unspecified atom stereocenters. The topological polar surface area (TPSA) is 55.2 Å². The van der Waals surface area contributed by atoms with E-state index in [0.29, 0.717) is 39.4 Å². The van der Waals surface area contributed by atoms with Gasteiger partial charge in [-0.15, -0.1) is 11.3 Å². The minimum Gasteiger partial charge on any atom is -0.308 e. The summed E-state index contributed by atoms with van der Waals surface area (Å²) >= 11 is 1.29. The molecule has 0 fully saturated rings. The van der Waals surface area contributed by atoms with Gasteiger partial charge in [-0.2, -0.15) is 0 Å². The molecule has 29 heavy (non-hydrogen) atoms. The van der Waals surface area contributed by atoms with Crippen LogP contribution in [0.2, 0.25) is 0 Å². The van der Waals surface area contributed by atoms with E-state index < -0.39 is 0 Å². The zero-order chi connectivity index (χ0) is 20.5. The Kier molecular flexibility index (Phi) is 5.50. The van der Waals surface area contributed by atoms with Crippen LogP contribution in [0.1, 0.15) is 53.7 Å². The van der Waals surface area contributed by atoms with E-state index in [0.717, 1.165) is 37.9 Å². The molecule has 3 heterocycles. The third kappa shape index (κ3) is 3.59. The first-order valence-electron chi connectivity index (χ1n) is 10.1. The molecule has 1 aliphatic rings. The highest BCUT2D eigenvalue weighted by Crippen LogP contribution is 2.31. The summed E-state index contributed by atoms with van der Waals surface area (Å²) in [6, 6.07) is 5.93. The van der Waals surface area contributed by atoms with Gasteiger partial charge in [0.1, 0.15) is 16.5 Å². The molecule has 0 aliphatic carbocycles. The second-order valence-corrected chi connectivity index (χ2v) is 8.46.